The molecule has 0 aliphatic carbocycles. The van der Waals surface area contributed by atoms with Crippen LogP contribution in [0.3, 0.4) is 0 Å². The fourth-order valence-electron chi connectivity index (χ4n) is 1.38. The molecule has 0 spiro atoms. The molecule has 1 aromatic rings. The van der Waals surface area contributed by atoms with Crippen molar-refractivity contribution >= 4 is 5.57 Å². The van der Waals surface area contributed by atoms with Gasteiger partial charge in [0, 0.05) is 6.61 Å². The van der Waals surface area contributed by atoms with Gasteiger partial charge < -0.3 is 14.2 Å². The van der Waals surface area contributed by atoms with Gasteiger partial charge in [0.2, 0.25) is 0 Å². The van der Waals surface area contributed by atoms with E-state index in [9.17, 15) is 0 Å². The highest BCUT2D eigenvalue weighted by molar-refractivity contribution is 5.64. The fourth-order valence-corrected chi connectivity index (χ4v) is 1.38. The molecule has 0 aliphatic rings. The molecule has 0 radical (unpaired) electrons. The molecule has 0 N–H and O–H groups in total. The van der Waals surface area contributed by atoms with Gasteiger partial charge in [-0.15, -0.1) is 0 Å². The van der Waals surface area contributed by atoms with Gasteiger partial charge in [0.05, 0.1) is 15.1 Å². The Morgan fingerprint density at radius 1 is 1.35 bits per heavy atom. The second kappa shape index (κ2) is 7.09. The van der Waals surface area contributed by atoms with Gasteiger partial charge in [-0.05, 0) is 37.1 Å². The summed E-state index contributed by atoms with van der Waals surface area (Å²) in [7, 11) is 1.63. The zero-order valence-corrected chi connectivity index (χ0v) is 10.6. The average Bonchev–Trinajstić information content (AvgIpc) is 2.40. The standard InChI is InChI=1S/C14H20O3/c1-5-16-12(3)17-10-11(2)13-6-8-14(15-4)9-7-13/h6-9,12H,2,5,10H2,1,3-4H3/i2D. The van der Waals surface area contributed by atoms with Gasteiger partial charge >= 0.3 is 0 Å². The Morgan fingerprint density at radius 3 is 2.59 bits per heavy atom. The topological polar surface area (TPSA) is 27.7 Å². The van der Waals surface area contributed by atoms with Crippen molar-refractivity contribution in [1.82, 2.24) is 0 Å². The van der Waals surface area contributed by atoms with Crippen molar-refractivity contribution < 1.29 is 15.6 Å². The van der Waals surface area contributed by atoms with Crippen molar-refractivity contribution in [3.05, 3.63) is 36.4 Å². The Bertz CT molecular complexity index is 373. The molecule has 1 rings (SSSR count). The van der Waals surface area contributed by atoms with Gasteiger partial charge in [0.1, 0.15) is 5.75 Å². The van der Waals surface area contributed by atoms with Crippen LogP contribution >= 0.6 is 0 Å². The lowest BCUT2D eigenvalue weighted by Crippen LogP contribution is -2.13. The number of benzene rings is 1. The van der Waals surface area contributed by atoms with Gasteiger partial charge in [-0.2, -0.15) is 0 Å². The third-order valence-corrected chi connectivity index (χ3v) is 2.34. The van der Waals surface area contributed by atoms with Gasteiger partial charge in [-0.1, -0.05) is 18.7 Å². The molecule has 0 aliphatic heterocycles. The molecule has 0 bridgehead atoms. The third kappa shape index (κ3) is 4.59. The lowest BCUT2D eigenvalue weighted by atomic mass is 10.1. The predicted molar refractivity (Wildman–Crippen MR) is 69.1 cm³/mol. The van der Waals surface area contributed by atoms with Crippen LogP contribution in [-0.4, -0.2) is 26.6 Å². The van der Waals surface area contributed by atoms with Crippen LogP contribution < -0.4 is 4.74 Å². The zero-order chi connectivity index (χ0) is 13.4. The summed E-state index contributed by atoms with van der Waals surface area (Å²) in [5.41, 5.74) is 1.76. The van der Waals surface area contributed by atoms with Crippen molar-refractivity contribution in [1.29, 1.82) is 0 Å². The minimum absolute atomic E-state index is 0.261. The highest BCUT2D eigenvalue weighted by atomic mass is 16.7. The molecular formula is C14H20O3. The molecule has 94 valence electrons. The Hall–Kier alpha value is -1.32. The maximum absolute atomic E-state index is 7.43. The van der Waals surface area contributed by atoms with E-state index in [1.54, 1.807) is 7.11 Å². The lowest BCUT2D eigenvalue weighted by Gasteiger charge is -2.14. The van der Waals surface area contributed by atoms with E-state index in [0.29, 0.717) is 13.2 Å². The summed E-state index contributed by atoms with van der Waals surface area (Å²) in [4.78, 5) is 0. The molecule has 0 aromatic heterocycles. The first-order valence-corrected chi connectivity index (χ1v) is 5.66. The highest BCUT2D eigenvalue weighted by Crippen LogP contribution is 2.17. The maximum Gasteiger partial charge on any atom is 0.155 e. The molecular weight excluding hydrogens is 216 g/mol. The van der Waals surface area contributed by atoms with E-state index in [-0.39, 0.29) is 6.29 Å². The van der Waals surface area contributed by atoms with Gasteiger partial charge in [-0.25, -0.2) is 0 Å². The molecule has 3 heteroatoms. The van der Waals surface area contributed by atoms with Crippen LogP contribution in [0.5, 0.6) is 5.75 Å². The molecule has 17 heavy (non-hydrogen) atoms. The van der Waals surface area contributed by atoms with E-state index in [1.165, 1.54) is 6.55 Å². The first-order chi connectivity index (χ1) is 8.71. The van der Waals surface area contributed by atoms with Crippen LogP contribution in [0.4, 0.5) is 0 Å². The summed E-state index contributed by atoms with van der Waals surface area (Å²) in [6.45, 7) is 6.05. The normalized spacial score (nSPS) is 14.3. The van der Waals surface area contributed by atoms with Crippen LogP contribution in [0.15, 0.2) is 30.8 Å². The minimum atomic E-state index is -0.261. The van der Waals surface area contributed by atoms with Gasteiger partial charge in [0.15, 0.2) is 6.29 Å². The Morgan fingerprint density at radius 2 is 2.06 bits per heavy atom. The first kappa shape index (κ1) is 12.1. The maximum atomic E-state index is 7.43. The molecule has 0 saturated heterocycles. The van der Waals surface area contributed by atoms with Crippen molar-refractivity contribution in [2.24, 2.45) is 0 Å². The van der Waals surface area contributed by atoms with Crippen LogP contribution in [0, 0.1) is 0 Å². The van der Waals surface area contributed by atoms with Gasteiger partial charge in [-0.3, -0.25) is 0 Å². The second-order valence-electron chi connectivity index (χ2n) is 3.59. The monoisotopic (exact) mass is 237 g/mol. The Kier molecular flexibility index (Phi) is 5.07. The lowest BCUT2D eigenvalue weighted by molar-refractivity contribution is -0.117. The number of rotatable bonds is 7. The third-order valence-electron chi connectivity index (χ3n) is 2.34. The van der Waals surface area contributed by atoms with Crippen molar-refractivity contribution in [3.8, 4) is 5.75 Å². The first-order valence-electron chi connectivity index (χ1n) is 6.24. The van der Waals surface area contributed by atoms with E-state index in [4.69, 9.17) is 15.6 Å². The van der Waals surface area contributed by atoms with Crippen LogP contribution in [0.2, 0.25) is 0 Å². The molecule has 1 atom stereocenters. The summed E-state index contributed by atoms with van der Waals surface area (Å²) < 4.78 is 23.3. The number of hydrogen-bond donors (Lipinski definition) is 0. The van der Waals surface area contributed by atoms with E-state index >= 15 is 0 Å². The molecule has 1 unspecified atom stereocenters. The second-order valence-corrected chi connectivity index (χ2v) is 3.59. The average molecular weight is 237 g/mol. The number of ether oxygens (including phenoxy) is 3. The molecule has 0 heterocycles. The summed E-state index contributed by atoms with van der Waals surface area (Å²) in [5, 5.41) is 0. The smallest absolute Gasteiger partial charge is 0.155 e. The Labute approximate surface area is 104 Å². The molecule has 3 nitrogen and oxygen atoms in total. The number of hydrogen-bond acceptors (Lipinski definition) is 3. The zero-order valence-electron chi connectivity index (χ0n) is 11.6. The molecule has 0 saturated carbocycles. The SMILES string of the molecule is [2H]C=C(COC(C)OCC)c1ccc(OC)cc1. The van der Waals surface area contributed by atoms with E-state index in [2.05, 4.69) is 0 Å². The van der Waals surface area contributed by atoms with Crippen molar-refractivity contribution in [2.45, 2.75) is 20.1 Å². The quantitative estimate of drug-likeness (QED) is 0.682. The highest BCUT2D eigenvalue weighted by Gasteiger charge is 2.04. The molecule has 1 aromatic carbocycles. The predicted octanol–water partition coefficient (Wildman–Crippen LogP) is 3.11. The minimum Gasteiger partial charge on any atom is -0.497 e. The molecule has 0 amide bonds. The van der Waals surface area contributed by atoms with E-state index in [0.717, 1.165) is 16.9 Å². The van der Waals surface area contributed by atoms with Crippen LogP contribution in [0.25, 0.3) is 5.57 Å². The molecule has 0 fully saturated rings. The summed E-state index contributed by atoms with van der Waals surface area (Å²) >= 11 is 0. The fraction of sp³-hybridized carbons (Fsp3) is 0.429. The largest absolute Gasteiger partial charge is 0.497 e. The van der Waals surface area contributed by atoms with Crippen LogP contribution in [0.1, 0.15) is 20.8 Å². The van der Waals surface area contributed by atoms with Crippen LogP contribution in [-0.2, 0) is 9.47 Å². The van der Waals surface area contributed by atoms with E-state index in [1.807, 2.05) is 38.1 Å². The summed E-state index contributed by atoms with van der Waals surface area (Å²) in [5.74, 6) is 0.798. The van der Waals surface area contributed by atoms with Crippen molar-refractivity contribution in [2.75, 3.05) is 20.3 Å². The van der Waals surface area contributed by atoms with Gasteiger partial charge in [0.25, 0.3) is 0 Å². The number of methoxy groups -OCH3 is 1. The summed E-state index contributed by atoms with van der Waals surface area (Å²) in [6, 6.07) is 7.55. The summed E-state index contributed by atoms with van der Waals surface area (Å²) in [6.07, 6.45) is -0.261. The van der Waals surface area contributed by atoms with Crippen molar-refractivity contribution in [3.63, 3.8) is 0 Å². The van der Waals surface area contributed by atoms with E-state index < -0.39 is 0 Å². The Balaban J connectivity index is 2.60.